The maximum Gasteiger partial charge on any atom is 0.268 e. The SMILES string of the molecule is O=CC1=C(Cl)c2c(ncn(-c3ccc(Cl)cc3)c2=O)N(C=O)C1c1cccs1. The Morgan fingerprint density at radius 2 is 1.86 bits per heavy atom. The summed E-state index contributed by atoms with van der Waals surface area (Å²) in [4.78, 5) is 43.2. The molecule has 2 aromatic heterocycles. The average Bonchev–Trinajstić information content (AvgIpc) is 3.23. The van der Waals surface area contributed by atoms with Crippen molar-refractivity contribution in [3.63, 3.8) is 0 Å². The number of anilines is 1. The number of amides is 1. The zero-order chi connectivity index (χ0) is 19.8. The molecule has 1 amide bonds. The molecule has 0 fully saturated rings. The molecule has 1 aromatic carbocycles. The standard InChI is InChI=1S/C19H11Cl2N3O3S/c20-11-3-5-12(6-4-11)23-9-22-18-15(19(23)27)16(21)13(8-25)17(24(18)10-26)14-2-1-7-28-14/h1-10,17H. The van der Waals surface area contributed by atoms with Crippen LogP contribution in [0.15, 0.2) is 58.5 Å². The molecule has 0 bridgehead atoms. The minimum atomic E-state index is -0.728. The van der Waals surface area contributed by atoms with Gasteiger partial charge >= 0.3 is 0 Å². The van der Waals surface area contributed by atoms with Crippen molar-refractivity contribution < 1.29 is 9.59 Å². The number of carbonyl (C=O) groups is 2. The number of hydrogen-bond acceptors (Lipinski definition) is 5. The number of nitrogens with zero attached hydrogens (tertiary/aromatic N) is 3. The van der Waals surface area contributed by atoms with E-state index in [-0.39, 0.29) is 22.0 Å². The van der Waals surface area contributed by atoms with Gasteiger partial charge in [0, 0.05) is 15.5 Å². The fourth-order valence-corrected chi connectivity index (χ4v) is 4.40. The fourth-order valence-electron chi connectivity index (χ4n) is 3.12. The highest BCUT2D eigenvalue weighted by molar-refractivity contribution is 7.10. The van der Waals surface area contributed by atoms with Gasteiger partial charge in [-0.15, -0.1) is 11.3 Å². The molecule has 0 saturated carbocycles. The molecule has 3 heterocycles. The Labute approximate surface area is 173 Å². The smallest absolute Gasteiger partial charge is 0.268 e. The first-order chi connectivity index (χ1) is 13.6. The molecule has 6 nitrogen and oxygen atoms in total. The molecule has 28 heavy (non-hydrogen) atoms. The summed E-state index contributed by atoms with van der Waals surface area (Å²) < 4.78 is 1.29. The predicted octanol–water partition coefficient (Wildman–Crippen LogP) is 3.81. The number of halogens is 2. The van der Waals surface area contributed by atoms with E-state index in [1.165, 1.54) is 27.1 Å². The van der Waals surface area contributed by atoms with Gasteiger partial charge in [-0.25, -0.2) is 4.98 Å². The third-order valence-electron chi connectivity index (χ3n) is 4.40. The Bertz CT molecular complexity index is 1150. The van der Waals surface area contributed by atoms with E-state index in [9.17, 15) is 14.4 Å². The van der Waals surface area contributed by atoms with E-state index in [0.717, 1.165) is 4.88 Å². The zero-order valence-corrected chi connectivity index (χ0v) is 16.4. The van der Waals surface area contributed by atoms with Gasteiger partial charge in [0.05, 0.1) is 10.7 Å². The molecule has 0 N–H and O–H groups in total. The van der Waals surface area contributed by atoms with Crippen molar-refractivity contribution in [2.75, 3.05) is 4.90 Å². The minimum absolute atomic E-state index is 0.00104. The lowest BCUT2D eigenvalue weighted by molar-refractivity contribution is -0.108. The lowest BCUT2D eigenvalue weighted by Gasteiger charge is -2.32. The normalized spacial score (nSPS) is 16.1. The van der Waals surface area contributed by atoms with Crippen LogP contribution in [0.2, 0.25) is 5.02 Å². The van der Waals surface area contributed by atoms with E-state index in [1.807, 2.05) is 5.38 Å². The van der Waals surface area contributed by atoms with Crippen LogP contribution in [-0.4, -0.2) is 22.2 Å². The number of aldehydes is 1. The van der Waals surface area contributed by atoms with Crippen LogP contribution >= 0.6 is 34.5 Å². The summed E-state index contributed by atoms with van der Waals surface area (Å²) in [5.74, 6) is 0.110. The first-order valence-electron chi connectivity index (χ1n) is 8.06. The number of rotatable bonds is 4. The number of benzene rings is 1. The fraction of sp³-hybridized carbons (Fsp3) is 0.0526. The molecule has 1 aliphatic heterocycles. The molecular formula is C19H11Cl2N3O3S. The first kappa shape index (κ1) is 18.6. The Hall–Kier alpha value is -2.74. The Morgan fingerprint density at radius 1 is 1.11 bits per heavy atom. The van der Waals surface area contributed by atoms with Gasteiger partial charge < -0.3 is 0 Å². The second-order valence-electron chi connectivity index (χ2n) is 5.91. The highest BCUT2D eigenvalue weighted by atomic mass is 35.5. The molecule has 4 rings (SSSR count). The highest BCUT2D eigenvalue weighted by Crippen LogP contribution is 2.43. The Balaban J connectivity index is 1.97. The van der Waals surface area contributed by atoms with E-state index >= 15 is 0 Å². The van der Waals surface area contributed by atoms with Crippen LogP contribution in [0.25, 0.3) is 10.7 Å². The third-order valence-corrected chi connectivity index (χ3v) is 5.98. The maximum atomic E-state index is 13.1. The van der Waals surface area contributed by atoms with Gasteiger partial charge in [-0.2, -0.15) is 0 Å². The van der Waals surface area contributed by atoms with Crippen molar-refractivity contribution in [3.8, 4) is 5.69 Å². The number of hydrogen-bond donors (Lipinski definition) is 0. The molecule has 1 aliphatic rings. The summed E-state index contributed by atoms with van der Waals surface area (Å²) in [7, 11) is 0. The van der Waals surface area contributed by atoms with Crippen molar-refractivity contribution in [3.05, 3.63) is 79.5 Å². The van der Waals surface area contributed by atoms with Crippen molar-refractivity contribution in [2.45, 2.75) is 6.04 Å². The molecule has 1 atom stereocenters. The molecule has 0 aliphatic carbocycles. The lowest BCUT2D eigenvalue weighted by atomic mass is 9.98. The van der Waals surface area contributed by atoms with E-state index in [2.05, 4.69) is 4.98 Å². The summed E-state index contributed by atoms with van der Waals surface area (Å²) in [6.45, 7) is 0. The average molecular weight is 432 g/mol. The minimum Gasteiger partial charge on any atom is -0.298 e. The summed E-state index contributed by atoms with van der Waals surface area (Å²) in [5.41, 5.74) is 0.172. The van der Waals surface area contributed by atoms with Crippen LogP contribution in [0.1, 0.15) is 16.5 Å². The molecule has 0 spiro atoms. The van der Waals surface area contributed by atoms with E-state index in [0.29, 0.717) is 23.4 Å². The molecule has 0 saturated heterocycles. The molecular weight excluding hydrogens is 421 g/mol. The van der Waals surface area contributed by atoms with Gasteiger partial charge in [0.25, 0.3) is 5.56 Å². The lowest BCUT2D eigenvalue weighted by Crippen LogP contribution is -2.37. The maximum absolute atomic E-state index is 13.1. The van der Waals surface area contributed by atoms with E-state index in [4.69, 9.17) is 23.2 Å². The third kappa shape index (κ3) is 2.88. The monoisotopic (exact) mass is 431 g/mol. The summed E-state index contributed by atoms with van der Waals surface area (Å²) in [6, 6.07) is 9.47. The van der Waals surface area contributed by atoms with Gasteiger partial charge in [-0.05, 0) is 35.7 Å². The van der Waals surface area contributed by atoms with Gasteiger partial charge in [0.1, 0.15) is 24.2 Å². The highest BCUT2D eigenvalue weighted by Gasteiger charge is 2.37. The van der Waals surface area contributed by atoms with Crippen LogP contribution in [0.3, 0.4) is 0 Å². The topological polar surface area (TPSA) is 72.3 Å². The molecule has 9 heteroatoms. The largest absolute Gasteiger partial charge is 0.298 e. The zero-order valence-electron chi connectivity index (χ0n) is 14.1. The van der Waals surface area contributed by atoms with Gasteiger partial charge in [-0.3, -0.25) is 23.9 Å². The van der Waals surface area contributed by atoms with Crippen molar-refractivity contribution in [1.82, 2.24) is 9.55 Å². The van der Waals surface area contributed by atoms with Crippen LogP contribution in [0.5, 0.6) is 0 Å². The number of thiophene rings is 1. The van der Waals surface area contributed by atoms with Gasteiger partial charge in [-0.1, -0.05) is 29.3 Å². The van der Waals surface area contributed by atoms with E-state index < -0.39 is 11.6 Å². The van der Waals surface area contributed by atoms with E-state index in [1.54, 1.807) is 36.4 Å². The Morgan fingerprint density at radius 3 is 2.46 bits per heavy atom. The molecule has 1 unspecified atom stereocenters. The van der Waals surface area contributed by atoms with Crippen LogP contribution in [0, 0.1) is 0 Å². The molecule has 140 valence electrons. The second-order valence-corrected chi connectivity index (χ2v) is 7.71. The van der Waals surface area contributed by atoms with Crippen molar-refractivity contribution in [2.24, 2.45) is 0 Å². The second kappa shape index (κ2) is 7.35. The number of fused-ring (bicyclic) bond motifs is 1. The predicted molar refractivity (Wildman–Crippen MR) is 109 cm³/mol. The number of carbonyl (C=O) groups excluding carboxylic acids is 2. The quantitative estimate of drug-likeness (QED) is 0.588. The van der Waals surface area contributed by atoms with Crippen LogP contribution in [-0.2, 0) is 9.59 Å². The summed E-state index contributed by atoms with van der Waals surface area (Å²) in [6.07, 6.45) is 2.45. The van der Waals surface area contributed by atoms with Crippen LogP contribution < -0.4 is 10.5 Å². The first-order valence-corrected chi connectivity index (χ1v) is 9.70. The van der Waals surface area contributed by atoms with Gasteiger partial charge in [0.15, 0.2) is 5.82 Å². The molecule has 3 aromatic rings. The summed E-state index contributed by atoms with van der Waals surface area (Å²) in [5, 5.41) is 2.34. The van der Waals surface area contributed by atoms with Crippen molar-refractivity contribution >= 4 is 58.1 Å². The van der Waals surface area contributed by atoms with Gasteiger partial charge in [0.2, 0.25) is 6.41 Å². The molecule has 0 radical (unpaired) electrons. The van der Waals surface area contributed by atoms with Crippen molar-refractivity contribution in [1.29, 1.82) is 0 Å². The Kier molecular flexibility index (Phi) is 4.89. The van der Waals surface area contributed by atoms with Crippen LogP contribution in [0.4, 0.5) is 5.82 Å². The number of aromatic nitrogens is 2. The summed E-state index contributed by atoms with van der Waals surface area (Å²) >= 11 is 13.8.